The van der Waals surface area contributed by atoms with Crippen molar-refractivity contribution >= 4 is 17.3 Å². The second-order valence-corrected chi connectivity index (χ2v) is 7.17. The fraction of sp³-hybridized carbons (Fsp3) is 0.0833. The van der Waals surface area contributed by atoms with Gasteiger partial charge in [0.05, 0.1) is 16.7 Å². The number of nitro groups is 1. The quantitative estimate of drug-likeness (QED) is 0.296. The first-order chi connectivity index (χ1) is 16.0. The van der Waals surface area contributed by atoms with Crippen LogP contribution in [-0.4, -0.2) is 20.6 Å². The highest BCUT2D eigenvalue weighted by molar-refractivity contribution is 6.03. The molecule has 0 bridgehead atoms. The number of ether oxygens (including phenoxy) is 2. The molecule has 0 aliphatic carbocycles. The summed E-state index contributed by atoms with van der Waals surface area (Å²) in [7, 11) is 0. The monoisotopic (exact) mass is 444 g/mol. The summed E-state index contributed by atoms with van der Waals surface area (Å²) < 4.78 is 12.8. The summed E-state index contributed by atoms with van der Waals surface area (Å²) in [5, 5.41) is 18.2. The van der Waals surface area contributed by atoms with Gasteiger partial charge in [0, 0.05) is 18.3 Å². The van der Waals surface area contributed by atoms with Crippen LogP contribution in [0, 0.1) is 17.0 Å². The summed E-state index contributed by atoms with van der Waals surface area (Å²) in [4.78, 5) is 23.5. The standard InChI is InChI=1S/C24H20N4O5/c1-17-7-9-21(10-8-17)33-22-14-18(13-19(15-22)28(30)31)25-24(29)23-11-12-27(26-23)16-32-20-5-3-2-4-6-20/h2-15H,16H2,1H3,(H,25,29). The molecule has 4 aromatic rings. The molecule has 33 heavy (non-hydrogen) atoms. The summed E-state index contributed by atoms with van der Waals surface area (Å²) in [5.41, 5.74) is 1.20. The minimum Gasteiger partial charge on any atom is -0.471 e. The van der Waals surface area contributed by atoms with Crippen LogP contribution >= 0.6 is 0 Å². The largest absolute Gasteiger partial charge is 0.471 e. The molecule has 9 heteroatoms. The molecule has 0 unspecified atom stereocenters. The molecule has 166 valence electrons. The third kappa shape index (κ3) is 5.73. The van der Waals surface area contributed by atoms with Crippen molar-refractivity contribution in [3.05, 3.63) is 106 Å². The first-order valence-electron chi connectivity index (χ1n) is 10.0. The molecule has 0 radical (unpaired) electrons. The predicted octanol–water partition coefficient (Wildman–Crippen LogP) is 5.18. The van der Waals surface area contributed by atoms with Crippen LogP contribution < -0.4 is 14.8 Å². The van der Waals surface area contributed by atoms with Gasteiger partial charge >= 0.3 is 0 Å². The Morgan fingerprint density at radius 1 is 1.00 bits per heavy atom. The van der Waals surface area contributed by atoms with E-state index in [4.69, 9.17) is 9.47 Å². The van der Waals surface area contributed by atoms with E-state index in [9.17, 15) is 14.9 Å². The number of amides is 1. The predicted molar refractivity (Wildman–Crippen MR) is 122 cm³/mol. The number of hydrogen-bond donors (Lipinski definition) is 1. The van der Waals surface area contributed by atoms with Gasteiger partial charge in [-0.2, -0.15) is 5.10 Å². The van der Waals surface area contributed by atoms with E-state index in [-0.39, 0.29) is 29.5 Å². The number of nitrogens with one attached hydrogen (secondary N) is 1. The van der Waals surface area contributed by atoms with E-state index in [1.54, 1.807) is 18.3 Å². The molecule has 1 aromatic heterocycles. The van der Waals surface area contributed by atoms with Crippen LogP contribution in [0.2, 0.25) is 0 Å². The van der Waals surface area contributed by atoms with E-state index in [1.165, 1.54) is 28.9 Å². The zero-order valence-corrected chi connectivity index (χ0v) is 17.7. The average molecular weight is 444 g/mol. The Morgan fingerprint density at radius 2 is 1.76 bits per heavy atom. The lowest BCUT2D eigenvalue weighted by atomic mass is 10.2. The van der Waals surface area contributed by atoms with Crippen molar-refractivity contribution in [2.24, 2.45) is 0 Å². The number of non-ortho nitro benzene ring substituents is 1. The molecular weight excluding hydrogens is 424 g/mol. The number of carbonyl (C=O) groups is 1. The first kappa shape index (κ1) is 21.6. The minimum absolute atomic E-state index is 0.128. The Bertz CT molecular complexity index is 1270. The smallest absolute Gasteiger partial charge is 0.276 e. The van der Waals surface area contributed by atoms with Crippen LogP contribution in [0.25, 0.3) is 0 Å². The lowest BCUT2D eigenvalue weighted by Gasteiger charge is -2.09. The number of nitrogens with zero attached hydrogens (tertiary/aromatic N) is 3. The minimum atomic E-state index is -0.548. The molecule has 0 saturated heterocycles. The van der Waals surface area contributed by atoms with E-state index in [0.29, 0.717) is 11.5 Å². The summed E-state index contributed by atoms with van der Waals surface area (Å²) in [5.74, 6) is 0.910. The molecule has 0 atom stereocenters. The van der Waals surface area contributed by atoms with Gasteiger partial charge in [-0.05, 0) is 37.3 Å². The zero-order valence-electron chi connectivity index (χ0n) is 17.7. The molecule has 9 nitrogen and oxygen atoms in total. The molecule has 4 rings (SSSR count). The van der Waals surface area contributed by atoms with Crippen LogP contribution in [0.4, 0.5) is 11.4 Å². The van der Waals surface area contributed by atoms with E-state index >= 15 is 0 Å². The van der Waals surface area contributed by atoms with Crippen LogP contribution in [0.3, 0.4) is 0 Å². The van der Waals surface area contributed by atoms with E-state index in [0.717, 1.165) is 5.56 Å². The summed E-state index contributed by atoms with van der Waals surface area (Å²) in [6.07, 6.45) is 1.61. The third-order valence-corrected chi connectivity index (χ3v) is 4.60. The molecule has 1 amide bonds. The van der Waals surface area contributed by atoms with Crippen molar-refractivity contribution in [2.45, 2.75) is 13.7 Å². The average Bonchev–Trinajstić information content (AvgIpc) is 3.29. The lowest BCUT2D eigenvalue weighted by Crippen LogP contribution is -2.14. The van der Waals surface area contributed by atoms with Crippen molar-refractivity contribution in [1.82, 2.24) is 9.78 Å². The molecule has 3 aromatic carbocycles. The van der Waals surface area contributed by atoms with E-state index < -0.39 is 10.8 Å². The maximum Gasteiger partial charge on any atom is 0.276 e. The summed E-state index contributed by atoms with van der Waals surface area (Å²) in [6, 6.07) is 22.1. The van der Waals surface area contributed by atoms with Gasteiger partial charge in [0.15, 0.2) is 12.4 Å². The Labute approximate surface area is 189 Å². The first-order valence-corrected chi connectivity index (χ1v) is 10.0. The lowest BCUT2D eigenvalue weighted by molar-refractivity contribution is -0.384. The zero-order chi connectivity index (χ0) is 23.2. The van der Waals surface area contributed by atoms with Gasteiger partial charge in [0.1, 0.15) is 17.2 Å². The van der Waals surface area contributed by atoms with Gasteiger partial charge in [0.2, 0.25) is 0 Å². The van der Waals surface area contributed by atoms with Crippen molar-refractivity contribution in [2.75, 3.05) is 5.32 Å². The number of anilines is 1. The van der Waals surface area contributed by atoms with Crippen LogP contribution in [-0.2, 0) is 6.73 Å². The van der Waals surface area contributed by atoms with Gasteiger partial charge in [0.25, 0.3) is 11.6 Å². The normalized spacial score (nSPS) is 10.5. The van der Waals surface area contributed by atoms with Crippen LogP contribution in [0.1, 0.15) is 16.1 Å². The third-order valence-electron chi connectivity index (χ3n) is 4.60. The van der Waals surface area contributed by atoms with Crippen molar-refractivity contribution < 1.29 is 19.2 Å². The molecule has 0 spiro atoms. The number of hydrogen-bond acceptors (Lipinski definition) is 6. The SMILES string of the molecule is Cc1ccc(Oc2cc(NC(=O)c3ccn(COc4ccccc4)n3)cc([N+](=O)[O-])c2)cc1. The molecule has 0 aliphatic heterocycles. The van der Waals surface area contributed by atoms with Crippen LogP contribution in [0.15, 0.2) is 85.1 Å². The molecule has 1 heterocycles. The van der Waals surface area contributed by atoms with E-state index in [1.807, 2.05) is 49.4 Å². The number of aromatic nitrogens is 2. The molecule has 1 N–H and O–H groups in total. The van der Waals surface area contributed by atoms with Gasteiger partial charge in [-0.15, -0.1) is 0 Å². The maximum atomic E-state index is 12.7. The van der Waals surface area contributed by atoms with Crippen LogP contribution in [0.5, 0.6) is 17.2 Å². The fourth-order valence-corrected chi connectivity index (χ4v) is 2.97. The number of nitro benzene ring substituents is 1. The van der Waals surface area contributed by atoms with Crippen molar-refractivity contribution in [3.63, 3.8) is 0 Å². The Morgan fingerprint density at radius 3 is 2.48 bits per heavy atom. The Balaban J connectivity index is 1.46. The molecule has 0 saturated carbocycles. The van der Waals surface area contributed by atoms with Gasteiger partial charge in [-0.3, -0.25) is 14.9 Å². The Kier molecular flexibility index (Phi) is 6.31. The fourth-order valence-electron chi connectivity index (χ4n) is 2.97. The highest BCUT2D eigenvalue weighted by Gasteiger charge is 2.15. The summed E-state index contributed by atoms with van der Waals surface area (Å²) in [6.45, 7) is 2.07. The van der Waals surface area contributed by atoms with Crippen molar-refractivity contribution in [3.8, 4) is 17.2 Å². The topological polar surface area (TPSA) is 109 Å². The second kappa shape index (κ2) is 9.65. The van der Waals surface area contributed by atoms with Gasteiger partial charge in [-0.25, -0.2) is 4.68 Å². The summed E-state index contributed by atoms with van der Waals surface area (Å²) >= 11 is 0. The molecular formula is C24H20N4O5. The maximum absolute atomic E-state index is 12.7. The number of benzene rings is 3. The Hall–Kier alpha value is -4.66. The number of rotatable bonds is 8. The number of carbonyl (C=O) groups excluding carboxylic acids is 1. The number of para-hydroxylation sites is 1. The highest BCUT2D eigenvalue weighted by atomic mass is 16.6. The van der Waals surface area contributed by atoms with Crippen molar-refractivity contribution in [1.29, 1.82) is 0 Å². The van der Waals surface area contributed by atoms with Gasteiger partial charge in [-0.1, -0.05) is 35.9 Å². The number of aryl methyl sites for hydroxylation is 1. The molecule has 0 aliphatic rings. The molecule has 0 fully saturated rings. The van der Waals surface area contributed by atoms with Gasteiger partial charge < -0.3 is 14.8 Å². The highest BCUT2D eigenvalue weighted by Crippen LogP contribution is 2.30. The van der Waals surface area contributed by atoms with E-state index in [2.05, 4.69) is 10.4 Å². The second-order valence-electron chi connectivity index (χ2n) is 7.17.